The van der Waals surface area contributed by atoms with E-state index in [9.17, 15) is 4.79 Å². The smallest absolute Gasteiger partial charge is 0.236 e. The molecule has 1 amide bonds. The van der Waals surface area contributed by atoms with Crippen LogP contribution in [0.1, 0.15) is 19.4 Å². The molecule has 0 aliphatic heterocycles. The zero-order chi connectivity index (χ0) is 13.2. The Hall–Kier alpha value is -1.39. The Labute approximate surface area is 115 Å². The molecular weight excluding hydrogens is 268 g/mol. The van der Waals surface area contributed by atoms with Crippen molar-refractivity contribution in [2.24, 2.45) is 0 Å². The van der Waals surface area contributed by atoms with Gasteiger partial charge in [-0.3, -0.25) is 4.79 Å². The fourth-order valence-electron chi connectivity index (χ4n) is 1.55. The molecule has 2 aromatic rings. The SMILES string of the molecule is CC(C)(C(=O)Nc1nccs1)c1cccc(Cl)c1. The van der Waals surface area contributed by atoms with E-state index in [0.717, 1.165) is 5.56 Å². The molecule has 0 radical (unpaired) electrons. The average Bonchev–Trinajstić information content (AvgIpc) is 2.81. The first-order valence-corrected chi connectivity index (χ1v) is 6.73. The third-order valence-electron chi connectivity index (χ3n) is 2.77. The first kappa shape index (κ1) is 13.1. The van der Waals surface area contributed by atoms with Crippen molar-refractivity contribution in [3.8, 4) is 0 Å². The highest BCUT2D eigenvalue weighted by Crippen LogP contribution is 2.27. The van der Waals surface area contributed by atoms with Gasteiger partial charge in [0.05, 0.1) is 5.41 Å². The zero-order valence-electron chi connectivity index (χ0n) is 10.1. The summed E-state index contributed by atoms with van der Waals surface area (Å²) in [6, 6.07) is 7.34. The molecule has 0 atom stereocenters. The maximum absolute atomic E-state index is 12.3. The molecule has 1 aromatic carbocycles. The van der Waals surface area contributed by atoms with Gasteiger partial charge in [0.2, 0.25) is 5.91 Å². The number of anilines is 1. The zero-order valence-corrected chi connectivity index (χ0v) is 11.7. The van der Waals surface area contributed by atoms with Gasteiger partial charge >= 0.3 is 0 Å². The van der Waals surface area contributed by atoms with Crippen LogP contribution in [0.25, 0.3) is 0 Å². The standard InChI is InChI=1S/C13H13ClN2OS/c1-13(2,9-4-3-5-10(14)8-9)11(17)16-12-15-6-7-18-12/h3-8H,1-2H3,(H,15,16,17). The van der Waals surface area contributed by atoms with Crippen LogP contribution in [0.3, 0.4) is 0 Å². The van der Waals surface area contributed by atoms with Gasteiger partial charge in [0, 0.05) is 16.6 Å². The van der Waals surface area contributed by atoms with Crippen LogP contribution in [0, 0.1) is 0 Å². The largest absolute Gasteiger partial charge is 0.301 e. The predicted octanol–water partition coefficient (Wildman–Crippen LogP) is 3.71. The van der Waals surface area contributed by atoms with E-state index < -0.39 is 5.41 Å². The maximum atomic E-state index is 12.3. The molecule has 0 saturated heterocycles. The first-order valence-electron chi connectivity index (χ1n) is 5.47. The lowest BCUT2D eigenvalue weighted by atomic mass is 9.84. The summed E-state index contributed by atoms with van der Waals surface area (Å²) in [5, 5.41) is 5.86. The first-order chi connectivity index (χ1) is 8.50. The van der Waals surface area contributed by atoms with Crippen LogP contribution >= 0.6 is 22.9 Å². The summed E-state index contributed by atoms with van der Waals surface area (Å²) in [4.78, 5) is 16.3. The molecule has 5 heteroatoms. The average molecular weight is 281 g/mol. The lowest BCUT2D eigenvalue weighted by molar-refractivity contribution is -0.120. The van der Waals surface area contributed by atoms with Gasteiger partial charge < -0.3 is 5.32 Å². The van der Waals surface area contributed by atoms with Gasteiger partial charge in [-0.25, -0.2) is 4.98 Å². The van der Waals surface area contributed by atoms with Crippen LogP contribution in [-0.4, -0.2) is 10.9 Å². The number of carbonyl (C=O) groups is 1. The minimum atomic E-state index is -0.656. The second-order valence-corrected chi connectivity index (χ2v) is 5.76. The lowest BCUT2D eigenvalue weighted by Gasteiger charge is -2.23. The fourth-order valence-corrected chi connectivity index (χ4v) is 2.26. The van der Waals surface area contributed by atoms with E-state index in [1.165, 1.54) is 11.3 Å². The fraction of sp³-hybridized carbons (Fsp3) is 0.231. The molecule has 2 rings (SSSR count). The van der Waals surface area contributed by atoms with Crippen LogP contribution in [-0.2, 0) is 10.2 Å². The van der Waals surface area contributed by atoms with Gasteiger partial charge in [0.25, 0.3) is 0 Å². The summed E-state index contributed by atoms with van der Waals surface area (Å²) >= 11 is 7.35. The number of hydrogen-bond donors (Lipinski definition) is 1. The van der Waals surface area contributed by atoms with Crippen molar-refractivity contribution in [3.05, 3.63) is 46.4 Å². The molecule has 0 aliphatic rings. The number of nitrogens with one attached hydrogen (secondary N) is 1. The van der Waals surface area contributed by atoms with Crippen molar-refractivity contribution in [1.82, 2.24) is 4.98 Å². The summed E-state index contributed by atoms with van der Waals surface area (Å²) in [7, 11) is 0. The molecule has 0 saturated carbocycles. The minimum absolute atomic E-state index is 0.0975. The highest BCUT2D eigenvalue weighted by Gasteiger charge is 2.30. The Bertz CT molecular complexity index is 552. The molecule has 0 fully saturated rings. The molecule has 1 N–H and O–H groups in total. The highest BCUT2D eigenvalue weighted by atomic mass is 35.5. The molecule has 0 spiro atoms. The summed E-state index contributed by atoms with van der Waals surface area (Å²) in [5.74, 6) is -0.0975. The molecule has 1 aromatic heterocycles. The molecule has 94 valence electrons. The van der Waals surface area contributed by atoms with Crippen LogP contribution in [0.15, 0.2) is 35.8 Å². The number of amides is 1. The van der Waals surface area contributed by atoms with E-state index in [0.29, 0.717) is 10.2 Å². The van der Waals surface area contributed by atoms with E-state index in [1.807, 2.05) is 37.4 Å². The predicted molar refractivity (Wildman–Crippen MR) is 75.2 cm³/mol. The Morgan fingerprint density at radius 2 is 2.22 bits per heavy atom. The van der Waals surface area contributed by atoms with Gasteiger partial charge in [-0.15, -0.1) is 11.3 Å². The molecule has 0 unspecified atom stereocenters. The Morgan fingerprint density at radius 1 is 1.44 bits per heavy atom. The van der Waals surface area contributed by atoms with Crippen molar-refractivity contribution in [1.29, 1.82) is 0 Å². The second kappa shape index (κ2) is 5.08. The maximum Gasteiger partial charge on any atom is 0.236 e. The van der Waals surface area contributed by atoms with Crippen LogP contribution < -0.4 is 5.32 Å². The van der Waals surface area contributed by atoms with Crippen molar-refractivity contribution in [2.75, 3.05) is 5.32 Å². The second-order valence-electron chi connectivity index (χ2n) is 4.43. The van der Waals surface area contributed by atoms with Crippen molar-refractivity contribution < 1.29 is 4.79 Å². The quantitative estimate of drug-likeness (QED) is 0.931. The Balaban J connectivity index is 2.22. The Kier molecular flexibility index (Phi) is 3.68. The molecular formula is C13H13ClN2OS. The molecule has 3 nitrogen and oxygen atoms in total. The number of thiazole rings is 1. The van der Waals surface area contributed by atoms with Gasteiger partial charge in [0.15, 0.2) is 5.13 Å². The van der Waals surface area contributed by atoms with Crippen molar-refractivity contribution >= 4 is 34.0 Å². The number of benzene rings is 1. The van der Waals surface area contributed by atoms with E-state index in [-0.39, 0.29) is 5.91 Å². The molecule has 18 heavy (non-hydrogen) atoms. The summed E-state index contributed by atoms with van der Waals surface area (Å²) in [6.07, 6.45) is 1.66. The van der Waals surface area contributed by atoms with E-state index in [4.69, 9.17) is 11.6 Å². The van der Waals surface area contributed by atoms with Crippen LogP contribution in [0.5, 0.6) is 0 Å². The number of rotatable bonds is 3. The summed E-state index contributed by atoms with van der Waals surface area (Å²) in [6.45, 7) is 3.73. The normalized spacial score (nSPS) is 11.3. The van der Waals surface area contributed by atoms with Gasteiger partial charge in [-0.2, -0.15) is 0 Å². The third-order valence-corrected chi connectivity index (χ3v) is 3.69. The third kappa shape index (κ3) is 2.71. The minimum Gasteiger partial charge on any atom is -0.301 e. The lowest BCUT2D eigenvalue weighted by Crippen LogP contribution is -2.34. The Morgan fingerprint density at radius 3 is 2.83 bits per heavy atom. The molecule has 0 bridgehead atoms. The number of nitrogens with zero attached hydrogens (tertiary/aromatic N) is 1. The van der Waals surface area contributed by atoms with Crippen LogP contribution in [0.2, 0.25) is 5.02 Å². The van der Waals surface area contributed by atoms with Crippen molar-refractivity contribution in [3.63, 3.8) is 0 Å². The van der Waals surface area contributed by atoms with Gasteiger partial charge in [-0.05, 0) is 31.5 Å². The summed E-state index contributed by atoms with van der Waals surface area (Å²) < 4.78 is 0. The van der Waals surface area contributed by atoms with Crippen molar-refractivity contribution in [2.45, 2.75) is 19.3 Å². The number of halogens is 1. The number of aromatic nitrogens is 1. The number of hydrogen-bond acceptors (Lipinski definition) is 3. The van der Waals surface area contributed by atoms with E-state index >= 15 is 0 Å². The molecule has 1 heterocycles. The summed E-state index contributed by atoms with van der Waals surface area (Å²) in [5.41, 5.74) is 0.223. The van der Waals surface area contributed by atoms with E-state index in [2.05, 4.69) is 10.3 Å². The van der Waals surface area contributed by atoms with Crippen LogP contribution in [0.4, 0.5) is 5.13 Å². The monoisotopic (exact) mass is 280 g/mol. The number of carbonyl (C=O) groups excluding carboxylic acids is 1. The van der Waals surface area contributed by atoms with Gasteiger partial charge in [-0.1, -0.05) is 23.7 Å². The topological polar surface area (TPSA) is 42.0 Å². The van der Waals surface area contributed by atoms with Gasteiger partial charge in [0.1, 0.15) is 0 Å². The molecule has 0 aliphatic carbocycles. The van der Waals surface area contributed by atoms with E-state index in [1.54, 1.807) is 12.3 Å². The highest BCUT2D eigenvalue weighted by molar-refractivity contribution is 7.13.